The van der Waals surface area contributed by atoms with E-state index >= 15 is 0 Å². The van der Waals surface area contributed by atoms with Gasteiger partial charge in [-0.1, -0.05) is 0 Å². The lowest BCUT2D eigenvalue weighted by Crippen LogP contribution is -2.06. The summed E-state index contributed by atoms with van der Waals surface area (Å²) < 4.78 is 0. The van der Waals surface area contributed by atoms with Gasteiger partial charge in [-0.25, -0.2) is 4.98 Å². The lowest BCUT2D eigenvalue weighted by Gasteiger charge is -2.06. The molecule has 1 heterocycles. The van der Waals surface area contributed by atoms with Crippen molar-refractivity contribution in [2.24, 2.45) is 0 Å². The van der Waals surface area contributed by atoms with E-state index in [4.69, 9.17) is 0 Å². The summed E-state index contributed by atoms with van der Waals surface area (Å²) in [5.74, 6) is -0.374. The summed E-state index contributed by atoms with van der Waals surface area (Å²) in [5, 5.41) is 13.8. The van der Waals surface area contributed by atoms with Gasteiger partial charge in [0.15, 0.2) is 5.01 Å². The molecule has 5 nitrogen and oxygen atoms in total. The van der Waals surface area contributed by atoms with Gasteiger partial charge >= 0.3 is 0 Å². The molecule has 0 saturated heterocycles. The number of nitrogens with one attached hydrogen (secondary N) is 1. The van der Waals surface area contributed by atoms with Gasteiger partial charge in [-0.3, -0.25) is 9.59 Å². The molecule has 1 aromatic carbocycles. The highest BCUT2D eigenvalue weighted by atomic mass is 32.1. The number of phenols is 1. The van der Waals surface area contributed by atoms with E-state index < -0.39 is 0 Å². The van der Waals surface area contributed by atoms with Crippen molar-refractivity contribution in [2.45, 2.75) is 0 Å². The summed E-state index contributed by atoms with van der Waals surface area (Å²) in [6.45, 7) is 0. The van der Waals surface area contributed by atoms with Crippen LogP contribution in [-0.2, 0) is 4.79 Å². The van der Waals surface area contributed by atoms with Gasteiger partial charge in [0.1, 0.15) is 5.75 Å². The lowest BCUT2D eigenvalue weighted by atomic mass is 10.1. The molecule has 1 aromatic heterocycles. The number of nitrogens with zero attached hydrogens (tertiary/aromatic N) is 1. The van der Waals surface area contributed by atoms with Crippen molar-refractivity contribution in [2.75, 3.05) is 5.32 Å². The highest BCUT2D eigenvalue weighted by Crippen LogP contribution is 2.24. The molecule has 0 atom stereocenters. The topological polar surface area (TPSA) is 79.3 Å². The van der Waals surface area contributed by atoms with E-state index in [0.717, 1.165) is 0 Å². The average Bonchev–Trinajstić information content (AvgIpc) is 2.84. The number of carbonyl (C=O) groups is 2. The Morgan fingerprint density at radius 1 is 1.47 bits per heavy atom. The monoisotopic (exact) mass is 248 g/mol. The second-order valence-electron chi connectivity index (χ2n) is 3.16. The zero-order chi connectivity index (χ0) is 12.3. The van der Waals surface area contributed by atoms with Crippen LogP contribution in [0, 0.1) is 0 Å². The van der Waals surface area contributed by atoms with Crippen molar-refractivity contribution < 1.29 is 14.7 Å². The Morgan fingerprint density at radius 3 is 2.94 bits per heavy atom. The number of aromatic hydroxyl groups is 1. The number of rotatable bonds is 4. The third kappa shape index (κ3) is 2.31. The quantitative estimate of drug-likeness (QED) is 0.490. The van der Waals surface area contributed by atoms with Crippen molar-refractivity contribution in [3.05, 3.63) is 40.3 Å². The molecule has 86 valence electrons. The number of hydrogen-bond donors (Lipinski definition) is 2. The van der Waals surface area contributed by atoms with Gasteiger partial charge < -0.3 is 10.4 Å². The lowest BCUT2D eigenvalue weighted by molar-refractivity contribution is -0.105. The van der Waals surface area contributed by atoms with E-state index in [1.165, 1.54) is 35.7 Å². The molecule has 2 rings (SSSR count). The Bertz CT molecular complexity index is 552. The summed E-state index contributed by atoms with van der Waals surface area (Å²) in [6, 6.07) is 4.16. The van der Waals surface area contributed by atoms with Crippen LogP contribution in [0.15, 0.2) is 29.8 Å². The molecule has 2 aromatic rings. The number of carbonyl (C=O) groups excluding carboxylic acids is 2. The average molecular weight is 248 g/mol. The second kappa shape index (κ2) is 4.75. The molecule has 0 aliphatic heterocycles. The molecule has 17 heavy (non-hydrogen) atoms. The first kappa shape index (κ1) is 11.3. The Morgan fingerprint density at radius 2 is 2.29 bits per heavy atom. The minimum Gasteiger partial charge on any atom is -0.508 e. The summed E-state index contributed by atoms with van der Waals surface area (Å²) in [7, 11) is 0. The van der Waals surface area contributed by atoms with Crippen molar-refractivity contribution in [1.82, 2.24) is 4.98 Å². The van der Waals surface area contributed by atoms with Crippen LogP contribution in [0.3, 0.4) is 0 Å². The van der Waals surface area contributed by atoms with Crippen LogP contribution in [0.2, 0.25) is 0 Å². The third-order valence-corrected chi connectivity index (χ3v) is 2.86. The Labute approximate surface area is 101 Å². The molecule has 0 aliphatic rings. The van der Waals surface area contributed by atoms with Crippen LogP contribution in [0.4, 0.5) is 5.69 Å². The van der Waals surface area contributed by atoms with Crippen LogP contribution in [0.25, 0.3) is 0 Å². The van der Waals surface area contributed by atoms with Crippen LogP contribution in [-0.4, -0.2) is 22.3 Å². The molecule has 0 unspecified atom stereocenters. The van der Waals surface area contributed by atoms with E-state index in [1.807, 2.05) is 0 Å². The number of ketones is 1. The fourth-order valence-electron chi connectivity index (χ4n) is 1.36. The van der Waals surface area contributed by atoms with Crippen molar-refractivity contribution in [3.63, 3.8) is 0 Å². The number of hydrogen-bond acceptors (Lipinski definition) is 5. The standard InChI is InChI=1S/C11H8N2O3S/c14-6-13-9-2-1-7(15)5-8(9)10(16)11-12-3-4-17-11/h1-6,15H,(H,13,14). The zero-order valence-electron chi connectivity index (χ0n) is 8.58. The molecule has 1 amide bonds. The molecule has 2 N–H and O–H groups in total. The minimum absolute atomic E-state index is 0.0404. The summed E-state index contributed by atoms with van der Waals surface area (Å²) >= 11 is 1.20. The highest BCUT2D eigenvalue weighted by molar-refractivity contribution is 7.11. The molecule has 0 saturated carbocycles. The highest BCUT2D eigenvalue weighted by Gasteiger charge is 2.16. The van der Waals surface area contributed by atoms with Crippen molar-refractivity contribution >= 4 is 29.2 Å². The van der Waals surface area contributed by atoms with E-state index in [1.54, 1.807) is 5.38 Å². The van der Waals surface area contributed by atoms with Crippen LogP contribution in [0.1, 0.15) is 15.4 Å². The molecule has 0 radical (unpaired) electrons. The third-order valence-electron chi connectivity index (χ3n) is 2.09. The van der Waals surface area contributed by atoms with Gasteiger partial charge in [0.05, 0.1) is 11.3 Å². The number of benzene rings is 1. The Kier molecular flexibility index (Phi) is 3.15. The Balaban J connectivity index is 2.46. The smallest absolute Gasteiger partial charge is 0.223 e. The van der Waals surface area contributed by atoms with Crippen LogP contribution in [0.5, 0.6) is 5.75 Å². The predicted molar refractivity (Wildman–Crippen MR) is 63.3 cm³/mol. The van der Waals surface area contributed by atoms with Crippen molar-refractivity contribution in [1.29, 1.82) is 0 Å². The predicted octanol–water partition coefficient (Wildman–Crippen LogP) is 1.65. The molecule has 0 fully saturated rings. The minimum atomic E-state index is -0.333. The number of phenolic OH excluding ortho intramolecular Hbond substituents is 1. The summed E-state index contributed by atoms with van der Waals surface area (Å²) in [5.41, 5.74) is 0.560. The molecular weight excluding hydrogens is 240 g/mol. The van der Waals surface area contributed by atoms with Crippen LogP contribution < -0.4 is 5.32 Å². The van der Waals surface area contributed by atoms with Gasteiger partial charge in [-0.15, -0.1) is 11.3 Å². The summed E-state index contributed by atoms with van der Waals surface area (Å²) in [6.07, 6.45) is 2.00. The zero-order valence-corrected chi connectivity index (χ0v) is 9.40. The normalized spacial score (nSPS) is 9.88. The first-order valence-electron chi connectivity index (χ1n) is 4.70. The fourth-order valence-corrected chi connectivity index (χ4v) is 1.95. The van der Waals surface area contributed by atoms with E-state index in [9.17, 15) is 14.7 Å². The van der Waals surface area contributed by atoms with Crippen LogP contribution >= 0.6 is 11.3 Å². The molecule has 6 heteroatoms. The number of aromatic nitrogens is 1. The van der Waals surface area contributed by atoms with E-state index in [-0.39, 0.29) is 17.1 Å². The van der Waals surface area contributed by atoms with Gasteiger partial charge in [-0.05, 0) is 18.2 Å². The SMILES string of the molecule is O=CNc1ccc(O)cc1C(=O)c1nccs1. The van der Waals surface area contributed by atoms with Gasteiger partial charge in [0.25, 0.3) is 0 Å². The van der Waals surface area contributed by atoms with Gasteiger partial charge in [0, 0.05) is 11.6 Å². The number of thiazole rings is 1. The maximum atomic E-state index is 12.0. The molecular formula is C11H8N2O3S. The maximum absolute atomic E-state index is 12.0. The number of amides is 1. The number of anilines is 1. The van der Waals surface area contributed by atoms with Crippen molar-refractivity contribution in [3.8, 4) is 5.75 Å². The fraction of sp³-hybridized carbons (Fsp3) is 0. The van der Waals surface area contributed by atoms with E-state index in [0.29, 0.717) is 17.1 Å². The molecule has 0 aliphatic carbocycles. The van der Waals surface area contributed by atoms with Gasteiger partial charge in [0.2, 0.25) is 12.2 Å². The van der Waals surface area contributed by atoms with Gasteiger partial charge in [-0.2, -0.15) is 0 Å². The molecule has 0 bridgehead atoms. The largest absolute Gasteiger partial charge is 0.508 e. The molecule has 0 spiro atoms. The first-order valence-corrected chi connectivity index (χ1v) is 5.57. The van der Waals surface area contributed by atoms with E-state index in [2.05, 4.69) is 10.3 Å². The Hall–Kier alpha value is -2.21. The second-order valence-corrected chi connectivity index (χ2v) is 4.05. The maximum Gasteiger partial charge on any atom is 0.223 e. The summed E-state index contributed by atoms with van der Waals surface area (Å²) in [4.78, 5) is 26.4. The first-order chi connectivity index (χ1) is 8.22.